The Morgan fingerprint density at radius 2 is 2.05 bits per heavy atom. The smallest absolute Gasteiger partial charge is 0.259 e. The predicted octanol–water partition coefficient (Wildman–Crippen LogP) is 2.06. The average Bonchev–Trinajstić information content (AvgIpc) is 2.55. The number of carbonyl (C=O) groups is 1. The highest BCUT2D eigenvalue weighted by atomic mass is 16.2. The highest BCUT2D eigenvalue weighted by molar-refractivity contribution is 6.07. The molecule has 4 nitrogen and oxygen atoms in total. The zero-order chi connectivity index (χ0) is 15.1. The molecule has 2 aromatic rings. The van der Waals surface area contributed by atoms with Gasteiger partial charge in [0.1, 0.15) is 0 Å². The average molecular weight is 279 g/mol. The first-order chi connectivity index (χ1) is 10.3. The van der Waals surface area contributed by atoms with Crippen molar-refractivity contribution >= 4 is 11.6 Å². The number of nitrogens with two attached hydrogens (primary N) is 1. The monoisotopic (exact) mass is 279 g/mol. The van der Waals surface area contributed by atoms with Crippen LogP contribution in [-0.4, -0.2) is 24.0 Å². The van der Waals surface area contributed by atoms with Gasteiger partial charge in [-0.15, -0.1) is 0 Å². The molecular formula is C17H17N3O. The first kappa shape index (κ1) is 14.8. The highest BCUT2D eigenvalue weighted by Crippen LogP contribution is 2.18. The van der Waals surface area contributed by atoms with E-state index in [2.05, 4.69) is 16.8 Å². The Balaban J connectivity index is 2.39. The molecule has 0 saturated heterocycles. The zero-order valence-electron chi connectivity index (χ0n) is 11.9. The van der Waals surface area contributed by atoms with Crippen LogP contribution in [0, 0.1) is 11.8 Å². The van der Waals surface area contributed by atoms with E-state index in [9.17, 15) is 4.79 Å². The summed E-state index contributed by atoms with van der Waals surface area (Å²) in [6.07, 6.45) is 3.19. The van der Waals surface area contributed by atoms with Crippen LogP contribution in [0.15, 0.2) is 48.8 Å². The Hall–Kier alpha value is -2.64. The number of aromatic nitrogens is 1. The molecule has 4 heteroatoms. The fourth-order valence-corrected chi connectivity index (χ4v) is 2.02. The molecule has 0 aliphatic rings. The van der Waals surface area contributed by atoms with Crippen LogP contribution in [0.25, 0.3) is 0 Å². The number of hydrogen-bond acceptors (Lipinski definition) is 3. The Morgan fingerprint density at radius 3 is 2.71 bits per heavy atom. The molecule has 0 unspecified atom stereocenters. The summed E-state index contributed by atoms with van der Waals surface area (Å²) in [7, 11) is 0. The molecule has 2 N–H and O–H groups in total. The van der Waals surface area contributed by atoms with Gasteiger partial charge in [0.15, 0.2) is 0 Å². The third-order valence-corrected chi connectivity index (χ3v) is 3.01. The van der Waals surface area contributed by atoms with Crippen molar-refractivity contribution in [2.45, 2.75) is 6.92 Å². The van der Waals surface area contributed by atoms with E-state index < -0.39 is 0 Å². The summed E-state index contributed by atoms with van der Waals surface area (Å²) in [5.74, 6) is 5.57. The molecule has 106 valence electrons. The quantitative estimate of drug-likeness (QED) is 0.875. The van der Waals surface area contributed by atoms with Crippen LogP contribution < -0.4 is 10.6 Å². The van der Waals surface area contributed by atoms with Gasteiger partial charge in [0, 0.05) is 24.6 Å². The fourth-order valence-electron chi connectivity index (χ4n) is 2.02. The maximum atomic E-state index is 12.8. The van der Waals surface area contributed by atoms with Gasteiger partial charge in [-0.1, -0.05) is 30.0 Å². The number of pyridine rings is 1. The number of benzene rings is 1. The van der Waals surface area contributed by atoms with Gasteiger partial charge >= 0.3 is 0 Å². The SMILES string of the molecule is CCN(C(=O)c1ccncc1C#CCN)c1ccccc1. The fraction of sp³-hybridized carbons (Fsp3) is 0.176. The lowest BCUT2D eigenvalue weighted by molar-refractivity contribution is 0.0988. The molecule has 0 saturated carbocycles. The van der Waals surface area contributed by atoms with Gasteiger partial charge in [-0.05, 0) is 25.1 Å². The predicted molar refractivity (Wildman–Crippen MR) is 84.0 cm³/mol. The van der Waals surface area contributed by atoms with Crippen LogP contribution in [0.1, 0.15) is 22.8 Å². The lowest BCUT2D eigenvalue weighted by atomic mass is 10.1. The molecule has 1 aromatic carbocycles. The lowest BCUT2D eigenvalue weighted by Gasteiger charge is -2.21. The van der Waals surface area contributed by atoms with E-state index in [0.717, 1.165) is 5.69 Å². The summed E-state index contributed by atoms with van der Waals surface area (Å²) >= 11 is 0. The standard InChI is InChI=1S/C17H17N3O/c1-2-20(15-8-4-3-5-9-15)17(21)16-10-12-19-13-14(16)7-6-11-18/h3-5,8-10,12-13H,2,11,18H2,1H3. The third-order valence-electron chi connectivity index (χ3n) is 3.01. The molecule has 21 heavy (non-hydrogen) atoms. The van der Waals surface area contributed by atoms with Crippen molar-refractivity contribution in [2.75, 3.05) is 18.0 Å². The van der Waals surface area contributed by atoms with Crippen molar-refractivity contribution in [3.8, 4) is 11.8 Å². The summed E-state index contributed by atoms with van der Waals surface area (Å²) < 4.78 is 0. The first-order valence-corrected chi connectivity index (χ1v) is 6.77. The summed E-state index contributed by atoms with van der Waals surface area (Å²) in [4.78, 5) is 18.5. The van der Waals surface area contributed by atoms with Gasteiger partial charge < -0.3 is 10.6 Å². The van der Waals surface area contributed by atoms with Gasteiger partial charge in [0.05, 0.1) is 17.7 Å². The number of amides is 1. The summed E-state index contributed by atoms with van der Waals surface area (Å²) in [5.41, 5.74) is 7.39. The molecule has 1 aromatic heterocycles. The third kappa shape index (κ3) is 3.47. The van der Waals surface area contributed by atoms with Crippen LogP contribution in [-0.2, 0) is 0 Å². The molecule has 0 spiro atoms. The summed E-state index contributed by atoms with van der Waals surface area (Å²) in [5, 5.41) is 0. The second kappa shape index (κ2) is 7.22. The van der Waals surface area contributed by atoms with Crippen molar-refractivity contribution in [1.29, 1.82) is 0 Å². The minimum Gasteiger partial charge on any atom is -0.320 e. The minimum absolute atomic E-state index is 0.0904. The molecule has 2 rings (SSSR count). The maximum absolute atomic E-state index is 12.8. The summed E-state index contributed by atoms with van der Waals surface area (Å²) in [6.45, 7) is 2.77. The van der Waals surface area contributed by atoms with E-state index >= 15 is 0 Å². The first-order valence-electron chi connectivity index (χ1n) is 6.77. The largest absolute Gasteiger partial charge is 0.320 e. The van der Waals surface area contributed by atoms with Gasteiger partial charge in [-0.25, -0.2) is 0 Å². The van der Waals surface area contributed by atoms with E-state index in [4.69, 9.17) is 5.73 Å². The molecule has 0 aliphatic heterocycles. The van der Waals surface area contributed by atoms with E-state index in [1.165, 1.54) is 0 Å². The normalized spacial score (nSPS) is 9.62. The molecular weight excluding hydrogens is 262 g/mol. The highest BCUT2D eigenvalue weighted by Gasteiger charge is 2.18. The molecule has 0 radical (unpaired) electrons. The molecule has 0 aliphatic carbocycles. The Bertz CT molecular complexity index is 671. The minimum atomic E-state index is -0.0904. The van der Waals surface area contributed by atoms with Gasteiger partial charge in [-0.2, -0.15) is 0 Å². The second-order valence-electron chi connectivity index (χ2n) is 4.31. The van der Waals surface area contributed by atoms with Crippen LogP contribution in [0.5, 0.6) is 0 Å². The second-order valence-corrected chi connectivity index (χ2v) is 4.31. The van der Waals surface area contributed by atoms with E-state index in [0.29, 0.717) is 17.7 Å². The zero-order valence-corrected chi connectivity index (χ0v) is 11.9. The van der Waals surface area contributed by atoms with Crippen LogP contribution >= 0.6 is 0 Å². The number of rotatable bonds is 3. The number of para-hydroxylation sites is 1. The summed E-state index contributed by atoms with van der Waals surface area (Å²) in [6, 6.07) is 11.3. The van der Waals surface area contributed by atoms with Crippen LogP contribution in [0.3, 0.4) is 0 Å². The molecule has 0 atom stereocenters. The number of nitrogens with zero attached hydrogens (tertiary/aromatic N) is 2. The topological polar surface area (TPSA) is 59.2 Å². The van der Waals surface area contributed by atoms with Crippen molar-refractivity contribution in [3.05, 3.63) is 59.9 Å². The van der Waals surface area contributed by atoms with Crippen LogP contribution in [0.2, 0.25) is 0 Å². The van der Waals surface area contributed by atoms with E-state index in [-0.39, 0.29) is 12.5 Å². The van der Waals surface area contributed by atoms with Crippen molar-refractivity contribution in [1.82, 2.24) is 4.98 Å². The Morgan fingerprint density at radius 1 is 1.29 bits per heavy atom. The van der Waals surface area contributed by atoms with Crippen molar-refractivity contribution < 1.29 is 4.79 Å². The van der Waals surface area contributed by atoms with Crippen molar-refractivity contribution in [3.63, 3.8) is 0 Å². The molecule has 0 bridgehead atoms. The Kier molecular flexibility index (Phi) is 5.08. The van der Waals surface area contributed by atoms with Crippen LogP contribution in [0.4, 0.5) is 5.69 Å². The van der Waals surface area contributed by atoms with Gasteiger partial charge in [-0.3, -0.25) is 9.78 Å². The molecule has 1 heterocycles. The van der Waals surface area contributed by atoms with Gasteiger partial charge in [0.2, 0.25) is 0 Å². The number of carbonyl (C=O) groups excluding carboxylic acids is 1. The molecule has 0 fully saturated rings. The number of anilines is 1. The lowest BCUT2D eigenvalue weighted by Crippen LogP contribution is -2.31. The van der Waals surface area contributed by atoms with Gasteiger partial charge in [0.25, 0.3) is 5.91 Å². The van der Waals surface area contributed by atoms with E-state index in [1.807, 2.05) is 37.3 Å². The number of hydrogen-bond donors (Lipinski definition) is 1. The maximum Gasteiger partial charge on any atom is 0.259 e. The van der Waals surface area contributed by atoms with Crippen molar-refractivity contribution in [2.24, 2.45) is 5.73 Å². The van der Waals surface area contributed by atoms with E-state index in [1.54, 1.807) is 23.4 Å². The molecule has 1 amide bonds. The Labute approximate surface area is 124 Å².